The van der Waals surface area contributed by atoms with Crippen LogP contribution in [0.2, 0.25) is 5.02 Å². The summed E-state index contributed by atoms with van der Waals surface area (Å²) < 4.78 is 45.9. The normalized spacial score (nSPS) is 11.9. The summed E-state index contributed by atoms with van der Waals surface area (Å²) in [6.45, 7) is 0. The van der Waals surface area contributed by atoms with Gasteiger partial charge < -0.3 is 4.74 Å². The minimum Gasteiger partial charge on any atom is -0.495 e. The molecule has 3 aromatic carbocycles. The minimum absolute atomic E-state index is 0.215. The molecule has 0 N–H and O–H groups in total. The van der Waals surface area contributed by atoms with E-state index < -0.39 is 11.7 Å². The first-order valence-electron chi connectivity index (χ1n) is 9.49. The van der Waals surface area contributed by atoms with Crippen molar-refractivity contribution in [3.05, 3.63) is 99.1 Å². The van der Waals surface area contributed by atoms with Crippen molar-refractivity contribution in [3.63, 3.8) is 0 Å². The standard InChI is InChI=1S/C24H16ClF3N2O2/c1-32-21-11-10-17(25)14-20(21)30-22(29-19-8-3-2-7-18(19)23(30)31)12-9-15-5-4-6-16(13-15)24(26,27)28/h2-14H,1H3. The van der Waals surface area contributed by atoms with Gasteiger partial charge >= 0.3 is 6.18 Å². The van der Waals surface area contributed by atoms with Gasteiger partial charge in [-0.15, -0.1) is 0 Å². The van der Waals surface area contributed by atoms with Gasteiger partial charge in [-0.1, -0.05) is 41.9 Å². The van der Waals surface area contributed by atoms with Crippen molar-refractivity contribution in [2.45, 2.75) is 6.18 Å². The zero-order chi connectivity index (χ0) is 22.9. The van der Waals surface area contributed by atoms with Gasteiger partial charge in [-0.3, -0.25) is 9.36 Å². The van der Waals surface area contributed by atoms with Crippen LogP contribution in [0.3, 0.4) is 0 Å². The van der Waals surface area contributed by atoms with E-state index in [1.807, 2.05) is 0 Å². The van der Waals surface area contributed by atoms with Crippen LogP contribution in [0.15, 0.2) is 71.5 Å². The molecule has 4 nitrogen and oxygen atoms in total. The molecule has 1 heterocycles. The Morgan fingerprint density at radius 1 is 1.00 bits per heavy atom. The second-order valence-electron chi connectivity index (χ2n) is 6.90. The maximum atomic E-state index is 13.4. The van der Waals surface area contributed by atoms with E-state index in [0.29, 0.717) is 32.9 Å². The van der Waals surface area contributed by atoms with E-state index in [0.717, 1.165) is 12.1 Å². The number of para-hydroxylation sites is 1. The number of rotatable bonds is 4. The van der Waals surface area contributed by atoms with Gasteiger partial charge in [0.1, 0.15) is 11.6 Å². The zero-order valence-electron chi connectivity index (χ0n) is 16.7. The SMILES string of the molecule is COc1ccc(Cl)cc1-n1c(C=Cc2cccc(C(F)(F)F)c2)nc2ccccc2c1=O. The fraction of sp³-hybridized carbons (Fsp3) is 0.0833. The Morgan fingerprint density at radius 2 is 1.78 bits per heavy atom. The van der Waals surface area contributed by atoms with E-state index in [4.69, 9.17) is 16.3 Å². The molecule has 0 aliphatic heterocycles. The summed E-state index contributed by atoms with van der Waals surface area (Å²) in [5.41, 5.74) is 0.0112. The number of benzene rings is 3. The molecule has 4 aromatic rings. The van der Waals surface area contributed by atoms with Crippen LogP contribution in [0.1, 0.15) is 17.0 Å². The number of ether oxygens (including phenoxy) is 1. The summed E-state index contributed by atoms with van der Waals surface area (Å²) in [7, 11) is 1.46. The zero-order valence-corrected chi connectivity index (χ0v) is 17.5. The summed E-state index contributed by atoms with van der Waals surface area (Å²) in [4.78, 5) is 17.9. The highest BCUT2D eigenvalue weighted by molar-refractivity contribution is 6.30. The van der Waals surface area contributed by atoms with Crippen LogP contribution in [-0.4, -0.2) is 16.7 Å². The molecule has 0 saturated carbocycles. The first kappa shape index (κ1) is 21.6. The van der Waals surface area contributed by atoms with Crippen LogP contribution >= 0.6 is 11.6 Å². The van der Waals surface area contributed by atoms with Gasteiger partial charge in [0.2, 0.25) is 0 Å². The molecule has 0 atom stereocenters. The summed E-state index contributed by atoms with van der Waals surface area (Å²) in [5.74, 6) is 0.606. The highest BCUT2D eigenvalue weighted by Crippen LogP contribution is 2.30. The lowest BCUT2D eigenvalue weighted by atomic mass is 10.1. The first-order valence-corrected chi connectivity index (χ1v) is 9.87. The monoisotopic (exact) mass is 456 g/mol. The Balaban J connectivity index is 1.94. The number of halogens is 4. The Kier molecular flexibility index (Phi) is 5.76. The summed E-state index contributed by atoms with van der Waals surface area (Å²) in [6.07, 6.45) is -1.50. The molecule has 0 amide bonds. The molecule has 162 valence electrons. The average Bonchev–Trinajstić information content (AvgIpc) is 2.77. The molecule has 8 heteroatoms. The minimum atomic E-state index is -4.46. The third kappa shape index (κ3) is 4.24. The molecule has 0 unspecified atom stereocenters. The van der Waals surface area contributed by atoms with Gasteiger partial charge in [0.05, 0.1) is 29.3 Å². The van der Waals surface area contributed by atoms with Crippen molar-refractivity contribution in [1.29, 1.82) is 0 Å². The summed E-state index contributed by atoms with van der Waals surface area (Å²) in [5, 5.41) is 0.763. The molecular weight excluding hydrogens is 441 g/mol. The van der Waals surface area contributed by atoms with E-state index in [1.165, 1.54) is 36.0 Å². The van der Waals surface area contributed by atoms with Crippen molar-refractivity contribution in [3.8, 4) is 11.4 Å². The summed E-state index contributed by atoms with van der Waals surface area (Å²) in [6, 6.07) is 16.5. The average molecular weight is 457 g/mol. The van der Waals surface area contributed by atoms with Gasteiger partial charge in [-0.2, -0.15) is 13.2 Å². The van der Waals surface area contributed by atoms with Crippen LogP contribution < -0.4 is 10.3 Å². The van der Waals surface area contributed by atoms with Crippen LogP contribution in [0.4, 0.5) is 13.2 Å². The van der Waals surface area contributed by atoms with Gasteiger partial charge in [0.25, 0.3) is 5.56 Å². The topological polar surface area (TPSA) is 44.1 Å². The number of nitrogens with zero attached hydrogens (tertiary/aromatic N) is 2. The van der Waals surface area contributed by atoms with Gasteiger partial charge in [-0.25, -0.2) is 4.98 Å². The lowest BCUT2D eigenvalue weighted by molar-refractivity contribution is -0.137. The number of methoxy groups -OCH3 is 1. The highest BCUT2D eigenvalue weighted by Gasteiger charge is 2.30. The molecule has 0 saturated heterocycles. The van der Waals surface area contributed by atoms with E-state index in [1.54, 1.807) is 42.5 Å². The highest BCUT2D eigenvalue weighted by atomic mass is 35.5. The van der Waals surface area contributed by atoms with Crippen LogP contribution in [0, 0.1) is 0 Å². The Bertz CT molecular complexity index is 1390. The molecule has 0 spiro atoms. The number of hydrogen-bond acceptors (Lipinski definition) is 3. The van der Waals surface area contributed by atoms with Crippen molar-refractivity contribution < 1.29 is 17.9 Å². The lowest BCUT2D eigenvalue weighted by Crippen LogP contribution is -2.22. The van der Waals surface area contributed by atoms with Crippen LogP contribution in [0.25, 0.3) is 28.7 Å². The number of alkyl halides is 3. The third-order valence-corrected chi connectivity index (χ3v) is 5.06. The lowest BCUT2D eigenvalue weighted by Gasteiger charge is -2.15. The van der Waals surface area contributed by atoms with Gasteiger partial charge in [0.15, 0.2) is 0 Å². The van der Waals surface area contributed by atoms with E-state index >= 15 is 0 Å². The van der Waals surface area contributed by atoms with E-state index in [2.05, 4.69) is 4.98 Å². The fourth-order valence-corrected chi connectivity index (χ4v) is 3.49. The van der Waals surface area contributed by atoms with Crippen molar-refractivity contribution >= 4 is 34.7 Å². The predicted octanol–water partition coefficient (Wildman–Crippen LogP) is 6.24. The molecule has 1 aromatic heterocycles. The fourth-order valence-electron chi connectivity index (χ4n) is 3.32. The Morgan fingerprint density at radius 3 is 2.53 bits per heavy atom. The quantitative estimate of drug-likeness (QED) is 0.365. The van der Waals surface area contributed by atoms with Crippen molar-refractivity contribution in [1.82, 2.24) is 9.55 Å². The molecule has 0 bridgehead atoms. The Hall–Kier alpha value is -3.58. The maximum absolute atomic E-state index is 13.4. The molecule has 0 fully saturated rings. The number of hydrogen-bond donors (Lipinski definition) is 0. The first-order chi connectivity index (χ1) is 15.3. The van der Waals surface area contributed by atoms with E-state index in [-0.39, 0.29) is 11.4 Å². The van der Waals surface area contributed by atoms with Crippen molar-refractivity contribution in [2.24, 2.45) is 0 Å². The van der Waals surface area contributed by atoms with Gasteiger partial charge in [0, 0.05) is 5.02 Å². The van der Waals surface area contributed by atoms with Crippen molar-refractivity contribution in [2.75, 3.05) is 7.11 Å². The predicted molar refractivity (Wildman–Crippen MR) is 119 cm³/mol. The molecule has 0 aliphatic carbocycles. The largest absolute Gasteiger partial charge is 0.495 e. The Labute approximate surface area is 186 Å². The van der Waals surface area contributed by atoms with Crippen LogP contribution in [-0.2, 0) is 6.18 Å². The smallest absolute Gasteiger partial charge is 0.416 e. The third-order valence-electron chi connectivity index (χ3n) is 4.82. The maximum Gasteiger partial charge on any atom is 0.416 e. The summed E-state index contributed by atoms with van der Waals surface area (Å²) >= 11 is 6.16. The molecule has 0 aliphatic rings. The van der Waals surface area contributed by atoms with Crippen LogP contribution in [0.5, 0.6) is 5.75 Å². The molecule has 0 radical (unpaired) electrons. The van der Waals surface area contributed by atoms with Gasteiger partial charge in [-0.05, 0) is 54.1 Å². The number of fused-ring (bicyclic) bond motifs is 1. The second-order valence-corrected chi connectivity index (χ2v) is 7.34. The molecule has 32 heavy (non-hydrogen) atoms. The number of aromatic nitrogens is 2. The van der Waals surface area contributed by atoms with E-state index in [9.17, 15) is 18.0 Å². The molecular formula is C24H16ClF3N2O2. The molecule has 4 rings (SSSR count). The second kappa shape index (κ2) is 8.51.